The third-order valence-electron chi connectivity index (χ3n) is 0.881. The van der Waals surface area contributed by atoms with Gasteiger partial charge in [0, 0.05) is 12.1 Å². The quantitative estimate of drug-likeness (QED) is 0.589. The highest BCUT2D eigenvalue weighted by molar-refractivity contribution is 6.25. The molecule has 0 fully saturated rings. The van der Waals surface area contributed by atoms with Crippen molar-refractivity contribution in [3.05, 3.63) is 11.6 Å². The van der Waals surface area contributed by atoms with Crippen LogP contribution in [-0.2, 0) is 0 Å². The molecule has 0 aliphatic rings. The number of terminal acetylenes is 1. The summed E-state index contributed by atoms with van der Waals surface area (Å²) in [7, 11) is 0. The first-order valence-electron chi connectivity index (χ1n) is 2.76. The van der Waals surface area contributed by atoms with Gasteiger partial charge in [0.05, 0.1) is 6.04 Å². The first-order valence-corrected chi connectivity index (χ1v) is 3.19. The minimum absolute atomic E-state index is 0.123. The molecule has 0 rings (SSSR count). The van der Waals surface area contributed by atoms with Gasteiger partial charge in [0.1, 0.15) is 0 Å². The number of halogens is 1. The van der Waals surface area contributed by atoms with Gasteiger partial charge < -0.3 is 5.32 Å². The highest BCUT2D eigenvalue weighted by atomic mass is 35.5. The molecule has 0 spiro atoms. The molecule has 0 bridgehead atoms. The Balaban J connectivity index is 3.19. The van der Waals surface area contributed by atoms with Crippen LogP contribution in [0.25, 0.3) is 0 Å². The third kappa shape index (κ3) is 5.42. The van der Waals surface area contributed by atoms with Gasteiger partial charge in [-0.05, 0) is 6.92 Å². The Morgan fingerprint density at radius 3 is 3.00 bits per heavy atom. The van der Waals surface area contributed by atoms with Crippen LogP contribution in [-0.4, -0.2) is 12.6 Å². The van der Waals surface area contributed by atoms with Crippen LogP contribution in [0.1, 0.15) is 6.92 Å². The van der Waals surface area contributed by atoms with Crippen molar-refractivity contribution in [2.24, 2.45) is 0 Å². The van der Waals surface area contributed by atoms with E-state index in [1.54, 1.807) is 6.08 Å². The summed E-state index contributed by atoms with van der Waals surface area (Å²) in [6, 6.07) is 0.123. The summed E-state index contributed by atoms with van der Waals surface area (Å²) >= 11 is 5.26. The van der Waals surface area contributed by atoms with Crippen LogP contribution in [0.15, 0.2) is 11.6 Å². The highest BCUT2D eigenvalue weighted by Crippen LogP contribution is 1.78. The lowest BCUT2D eigenvalue weighted by Gasteiger charge is -2.01. The summed E-state index contributed by atoms with van der Waals surface area (Å²) in [6.07, 6.45) is 6.89. The SMILES string of the molecule is C#CC(C)NC/C=C/Cl. The van der Waals surface area contributed by atoms with Gasteiger partial charge in [-0.15, -0.1) is 6.42 Å². The van der Waals surface area contributed by atoms with E-state index in [0.717, 1.165) is 6.54 Å². The number of hydrogen-bond acceptors (Lipinski definition) is 1. The molecule has 0 amide bonds. The zero-order valence-corrected chi connectivity index (χ0v) is 6.15. The lowest BCUT2D eigenvalue weighted by molar-refractivity contribution is 0.704. The Morgan fingerprint density at radius 1 is 1.89 bits per heavy atom. The molecule has 50 valence electrons. The van der Waals surface area contributed by atoms with E-state index < -0.39 is 0 Å². The lowest BCUT2D eigenvalue weighted by Crippen LogP contribution is -2.23. The normalized spacial score (nSPS) is 13.4. The minimum Gasteiger partial charge on any atom is -0.300 e. The summed E-state index contributed by atoms with van der Waals surface area (Å²) in [4.78, 5) is 0. The van der Waals surface area contributed by atoms with Gasteiger partial charge in [-0.2, -0.15) is 0 Å². The second-order valence-electron chi connectivity index (χ2n) is 1.66. The van der Waals surface area contributed by atoms with Gasteiger partial charge in [-0.1, -0.05) is 23.6 Å². The van der Waals surface area contributed by atoms with E-state index in [1.807, 2.05) is 6.92 Å². The number of nitrogens with one attached hydrogen (secondary N) is 1. The van der Waals surface area contributed by atoms with Crippen molar-refractivity contribution >= 4 is 11.6 Å². The average Bonchev–Trinajstić information content (AvgIpc) is 1.89. The maximum Gasteiger partial charge on any atom is 0.0660 e. The Morgan fingerprint density at radius 2 is 2.56 bits per heavy atom. The van der Waals surface area contributed by atoms with E-state index in [2.05, 4.69) is 11.2 Å². The molecular formula is C7H10ClN. The predicted molar refractivity (Wildman–Crippen MR) is 41.3 cm³/mol. The van der Waals surface area contributed by atoms with Gasteiger partial charge in [0.25, 0.3) is 0 Å². The largest absolute Gasteiger partial charge is 0.300 e. The van der Waals surface area contributed by atoms with Crippen LogP contribution < -0.4 is 5.32 Å². The standard InChI is InChI=1S/C7H10ClN/c1-3-7(2)9-6-4-5-8/h1,4-5,7,9H,6H2,2H3/b5-4+. The van der Waals surface area contributed by atoms with Crippen molar-refractivity contribution in [1.82, 2.24) is 5.32 Å². The van der Waals surface area contributed by atoms with Crippen LogP contribution in [0.3, 0.4) is 0 Å². The topological polar surface area (TPSA) is 12.0 Å². The molecule has 0 aliphatic heterocycles. The zero-order chi connectivity index (χ0) is 7.11. The van der Waals surface area contributed by atoms with E-state index in [4.69, 9.17) is 18.0 Å². The Bertz CT molecular complexity index is 123. The van der Waals surface area contributed by atoms with Gasteiger partial charge in [0.15, 0.2) is 0 Å². The molecule has 0 aliphatic carbocycles. The minimum atomic E-state index is 0.123. The molecule has 0 aromatic carbocycles. The molecule has 1 N–H and O–H groups in total. The summed E-state index contributed by atoms with van der Waals surface area (Å²) < 4.78 is 0. The fourth-order valence-electron chi connectivity index (χ4n) is 0.348. The number of hydrogen-bond donors (Lipinski definition) is 1. The molecule has 1 atom stereocenters. The molecule has 9 heavy (non-hydrogen) atoms. The maximum atomic E-state index is 5.26. The third-order valence-corrected chi connectivity index (χ3v) is 1.06. The van der Waals surface area contributed by atoms with Gasteiger partial charge in [-0.3, -0.25) is 0 Å². The lowest BCUT2D eigenvalue weighted by atomic mass is 10.3. The van der Waals surface area contributed by atoms with E-state index in [1.165, 1.54) is 5.54 Å². The molecule has 2 heteroatoms. The molecule has 0 aromatic rings. The van der Waals surface area contributed by atoms with Crippen molar-refractivity contribution in [2.75, 3.05) is 6.54 Å². The predicted octanol–water partition coefficient (Wildman–Crippen LogP) is 1.35. The van der Waals surface area contributed by atoms with E-state index in [0.29, 0.717) is 0 Å². The van der Waals surface area contributed by atoms with E-state index in [-0.39, 0.29) is 6.04 Å². The Hall–Kier alpha value is -0.450. The van der Waals surface area contributed by atoms with Gasteiger partial charge in [-0.25, -0.2) is 0 Å². The van der Waals surface area contributed by atoms with Crippen LogP contribution in [0.4, 0.5) is 0 Å². The van der Waals surface area contributed by atoms with Crippen molar-refractivity contribution in [3.8, 4) is 12.3 Å². The second-order valence-corrected chi connectivity index (χ2v) is 1.91. The Labute approximate surface area is 61.1 Å². The summed E-state index contributed by atoms with van der Waals surface area (Å²) in [5, 5.41) is 3.03. The zero-order valence-electron chi connectivity index (χ0n) is 5.39. The van der Waals surface area contributed by atoms with Crippen LogP contribution in [0.5, 0.6) is 0 Å². The smallest absolute Gasteiger partial charge is 0.0660 e. The van der Waals surface area contributed by atoms with Gasteiger partial charge in [0.2, 0.25) is 0 Å². The van der Waals surface area contributed by atoms with Crippen LogP contribution >= 0.6 is 11.6 Å². The van der Waals surface area contributed by atoms with Crippen molar-refractivity contribution in [2.45, 2.75) is 13.0 Å². The maximum absolute atomic E-state index is 5.26. The van der Waals surface area contributed by atoms with Gasteiger partial charge >= 0.3 is 0 Å². The first kappa shape index (κ1) is 8.55. The average molecular weight is 144 g/mol. The fraction of sp³-hybridized carbons (Fsp3) is 0.429. The molecule has 1 nitrogen and oxygen atoms in total. The molecule has 0 saturated carbocycles. The second kappa shape index (κ2) is 5.68. The van der Waals surface area contributed by atoms with Crippen LogP contribution in [0.2, 0.25) is 0 Å². The molecule has 1 unspecified atom stereocenters. The monoisotopic (exact) mass is 143 g/mol. The fourth-order valence-corrected chi connectivity index (χ4v) is 0.437. The van der Waals surface area contributed by atoms with Crippen molar-refractivity contribution in [1.29, 1.82) is 0 Å². The van der Waals surface area contributed by atoms with Crippen LogP contribution in [0, 0.1) is 12.3 Å². The van der Waals surface area contributed by atoms with E-state index in [9.17, 15) is 0 Å². The Kier molecular flexibility index (Phi) is 5.40. The number of rotatable bonds is 3. The first-order chi connectivity index (χ1) is 4.31. The summed E-state index contributed by atoms with van der Waals surface area (Å²) in [6.45, 7) is 2.65. The van der Waals surface area contributed by atoms with Crippen molar-refractivity contribution in [3.63, 3.8) is 0 Å². The summed E-state index contributed by atoms with van der Waals surface area (Å²) in [5.74, 6) is 2.54. The molecule has 0 radical (unpaired) electrons. The molecular weight excluding hydrogens is 134 g/mol. The summed E-state index contributed by atoms with van der Waals surface area (Å²) in [5.41, 5.74) is 1.47. The van der Waals surface area contributed by atoms with E-state index >= 15 is 0 Å². The molecule has 0 saturated heterocycles. The highest BCUT2D eigenvalue weighted by Gasteiger charge is 1.88. The van der Waals surface area contributed by atoms with Crippen molar-refractivity contribution < 1.29 is 0 Å². The molecule has 0 aromatic heterocycles. The molecule has 0 heterocycles.